The summed E-state index contributed by atoms with van der Waals surface area (Å²) in [5.74, 6) is -1.59. The minimum Gasteiger partial charge on any atom is -0.493 e. The predicted molar refractivity (Wildman–Crippen MR) is 88.5 cm³/mol. The third-order valence-corrected chi connectivity index (χ3v) is 5.69. The quantitative estimate of drug-likeness (QED) is 0.749. The van der Waals surface area contributed by atoms with Crippen LogP contribution in [-0.4, -0.2) is 34.0 Å². The molecule has 25 heavy (non-hydrogen) atoms. The van der Waals surface area contributed by atoms with E-state index in [1.807, 2.05) is 4.72 Å². The molecule has 0 unspecified atom stereocenters. The Bertz CT molecular complexity index is 1020. The Morgan fingerprint density at radius 2 is 2.08 bits per heavy atom. The molecular weight excluding hydrogens is 403 g/mol. The van der Waals surface area contributed by atoms with Gasteiger partial charge in [-0.05, 0) is 12.1 Å². The summed E-state index contributed by atoms with van der Waals surface area (Å²) in [6.45, 7) is -0.254. The molecule has 0 fully saturated rings. The summed E-state index contributed by atoms with van der Waals surface area (Å²) in [5.41, 5.74) is -1.47. The number of imidazole rings is 1. The first-order valence-corrected chi connectivity index (χ1v) is 9.44. The highest BCUT2D eigenvalue weighted by Gasteiger charge is 2.31. The fraction of sp³-hybridized carbons (Fsp3) is 0.308. The standard InChI is InChI=1S/C13H11Cl2F2N3O4S/c14-5-25(23,24)18-9-3-10(8(17)2-7(9)15)20-12(21)11-1-6(16)4-19(11)13(20)22/h2-3,6,18,21H,1,4-5H2/t6-/m0/s1. The smallest absolute Gasteiger partial charge is 0.336 e. The van der Waals surface area contributed by atoms with E-state index >= 15 is 0 Å². The van der Waals surface area contributed by atoms with Gasteiger partial charge < -0.3 is 5.11 Å². The first kappa shape index (κ1) is 18.0. The molecule has 0 saturated heterocycles. The van der Waals surface area contributed by atoms with Gasteiger partial charge in [0.05, 0.1) is 28.6 Å². The summed E-state index contributed by atoms with van der Waals surface area (Å²) in [6.07, 6.45) is -1.50. The molecule has 0 saturated carbocycles. The third-order valence-electron chi connectivity index (χ3n) is 3.70. The molecule has 0 spiro atoms. The van der Waals surface area contributed by atoms with Crippen molar-refractivity contribution in [1.82, 2.24) is 9.13 Å². The molecule has 1 aliphatic rings. The van der Waals surface area contributed by atoms with Crippen molar-refractivity contribution in [3.63, 3.8) is 0 Å². The lowest BCUT2D eigenvalue weighted by atomic mass is 10.2. The van der Waals surface area contributed by atoms with Crippen molar-refractivity contribution in [2.75, 3.05) is 9.93 Å². The lowest BCUT2D eigenvalue weighted by molar-refractivity contribution is 0.323. The maximum Gasteiger partial charge on any atom is 0.336 e. The summed E-state index contributed by atoms with van der Waals surface area (Å²) in [7, 11) is -3.93. The van der Waals surface area contributed by atoms with Gasteiger partial charge in [0.15, 0.2) is 0 Å². The summed E-state index contributed by atoms with van der Waals surface area (Å²) < 4.78 is 54.5. The monoisotopic (exact) mass is 413 g/mol. The summed E-state index contributed by atoms with van der Waals surface area (Å²) in [6, 6.07) is 1.74. The van der Waals surface area contributed by atoms with Crippen molar-refractivity contribution in [3.8, 4) is 11.6 Å². The Morgan fingerprint density at radius 3 is 2.68 bits per heavy atom. The molecule has 12 heteroatoms. The Hall–Kier alpha value is -1.78. The van der Waals surface area contributed by atoms with Crippen LogP contribution < -0.4 is 10.4 Å². The average molecular weight is 414 g/mol. The SMILES string of the molecule is O=c1n2c(c(O)n1-c1cc(NS(=O)(=O)CCl)c(Cl)cc1F)C[C@H](F)C2. The van der Waals surface area contributed by atoms with Gasteiger partial charge in [-0.25, -0.2) is 26.6 Å². The molecule has 2 heterocycles. The van der Waals surface area contributed by atoms with E-state index in [4.69, 9.17) is 23.2 Å². The number of sulfonamides is 1. The molecule has 1 aromatic carbocycles. The van der Waals surface area contributed by atoms with Crippen LogP contribution in [0.4, 0.5) is 14.5 Å². The molecule has 2 aromatic rings. The van der Waals surface area contributed by atoms with Crippen LogP contribution in [0.1, 0.15) is 5.69 Å². The van der Waals surface area contributed by atoms with Gasteiger partial charge in [0.25, 0.3) is 0 Å². The first-order valence-electron chi connectivity index (χ1n) is 6.88. The second kappa shape index (κ2) is 6.19. The molecule has 2 N–H and O–H groups in total. The fourth-order valence-corrected chi connectivity index (χ4v) is 3.61. The normalized spacial score (nSPS) is 16.9. The van der Waals surface area contributed by atoms with Crippen molar-refractivity contribution < 1.29 is 22.3 Å². The highest BCUT2D eigenvalue weighted by atomic mass is 35.5. The van der Waals surface area contributed by atoms with E-state index in [1.54, 1.807) is 0 Å². The lowest BCUT2D eigenvalue weighted by Gasteiger charge is -2.12. The van der Waals surface area contributed by atoms with E-state index in [1.165, 1.54) is 0 Å². The third kappa shape index (κ3) is 3.09. The minimum absolute atomic E-state index is 0.0368. The molecule has 1 atom stereocenters. The number of fused-ring (bicyclic) bond motifs is 1. The molecule has 0 amide bonds. The zero-order chi connectivity index (χ0) is 18.5. The van der Waals surface area contributed by atoms with Gasteiger partial charge in [-0.1, -0.05) is 11.6 Å². The number of alkyl halides is 2. The van der Waals surface area contributed by atoms with E-state index in [0.717, 1.165) is 16.7 Å². The van der Waals surface area contributed by atoms with Crippen molar-refractivity contribution in [2.45, 2.75) is 19.1 Å². The topological polar surface area (TPSA) is 93.3 Å². The highest BCUT2D eigenvalue weighted by Crippen LogP contribution is 2.32. The van der Waals surface area contributed by atoms with Crippen LogP contribution in [0, 0.1) is 5.82 Å². The largest absolute Gasteiger partial charge is 0.493 e. The maximum absolute atomic E-state index is 14.3. The number of halogens is 4. The molecule has 1 aromatic heterocycles. The number of anilines is 1. The highest BCUT2D eigenvalue weighted by molar-refractivity contribution is 7.93. The number of rotatable bonds is 4. The van der Waals surface area contributed by atoms with Crippen molar-refractivity contribution in [1.29, 1.82) is 0 Å². The molecule has 3 rings (SSSR count). The lowest BCUT2D eigenvalue weighted by Crippen LogP contribution is -2.25. The minimum atomic E-state index is -3.93. The van der Waals surface area contributed by atoms with E-state index < -0.39 is 44.5 Å². The van der Waals surface area contributed by atoms with Crippen LogP contribution in [-0.2, 0) is 23.0 Å². The molecular formula is C13H11Cl2F2N3O4S. The number of hydrogen-bond donors (Lipinski definition) is 2. The molecule has 7 nitrogen and oxygen atoms in total. The van der Waals surface area contributed by atoms with Crippen molar-refractivity contribution in [2.24, 2.45) is 0 Å². The number of aromatic hydroxyl groups is 1. The molecule has 0 bridgehead atoms. The first-order chi connectivity index (χ1) is 11.6. The van der Waals surface area contributed by atoms with E-state index in [9.17, 15) is 27.1 Å². The zero-order valence-electron chi connectivity index (χ0n) is 12.3. The average Bonchev–Trinajstić information content (AvgIpc) is 3.01. The maximum atomic E-state index is 14.3. The number of nitrogens with one attached hydrogen (secondary N) is 1. The van der Waals surface area contributed by atoms with E-state index in [2.05, 4.69) is 0 Å². The van der Waals surface area contributed by atoms with Crippen molar-refractivity contribution >= 4 is 38.9 Å². The number of hydrogen-bond acceptors (Lipinski definition) is 4. The van der Waals surface area contributed by atoms with Gasteiger partial charge in [0.2, 0.25) is 15.9 Å². The number of benzene rings is 1. The van der Waals surface area contributed by atoms with Gasteiger partial charge in [-0.2, -0.15) is 0 Å². The van der Waals surface area contributed by atoms with Crippen LogP contribution in [0.15, 0.2) is 16.9 Å². The molecule has 0 radical (unpaired) electrons. The van der Waals surface area contributed by atoms with Gasteiger partial charge >= 0.3 is 5.69 Å². The fourth-order valence-electron chi connectivity index (χ4n) is 2.64. The van der Waals surface area contributed by atoms with Crippen molar-refractivity contribution in [3.05, 3.63) is 39.2 Å². The number of aromatic nitrogens is 2. The Morgan fingerprint density at radius 1 is 1.40 bits per heavy atom. The van der Waals surface area contributed by atoms with Gasteiger partial charge in [-0.3, -0.25) is 9.29 Å². The summed E-state index contributed by atoms with van der Waals surface area (Å²) in [4.78, 5) is 12.4. The Balaban J connectivity index is 2.17. The second-order valence-corrected chi connectivity index (χ2v) is 8.12. The Kier molecular flexibility index (Phi) is 4.46. The summed E-state index contributed by atoms with van der Waals surface area (Å²) >= 11 is 11.1. The zero-order valence-corrected chi connectivity index (χ0v) is 14.7. The van der Waals surface area contributed by atoms with Gasteiger partial charge in [0, 0.05) is 6.42 Å². The van der Waals surface area contributed by atoms with Crippen LogP contribution in [0.25, 0.3) is 5.69 Å². The van der Waals surface area contributed by atoms with Gasteiger partial charge in [-0.15, -0.1) is 11.6 Å². The Labute approximate surface area is 150 Å². The van der Waals surface area contributed by atoms with Crippen LogP contribution >= 0.6 is 23.2 Å². The van der Waals surface area contributed by atoms with Crippen LogP contribution in [0.5, 0.6) is 5.88 Å². The van der Waals surface area contributed by atoms with Crippen LogP contribution in [0.3, 0.4) is 0 Å². The molecule has 1 aliphatic heterocycles. The predicted octanol–water partition coefficient (Wildman–Crippen LogP) is 1.97. The van der Waals surface area contributed by atoms with E-state index in [-0.39, 0.29) is 29.4 Å². The van der Waals surface area contributed by atoms with Gasteiger partial charge in [0.1, 0.15) is 17.2 Å². The number of nitrogens with zero attached hydrogens (tertiary/aromatic N) is 2. The molecule has 0 aliphatic carbocycles. The van der Waals surface area contributed by atoms with Crippen LogP contribution in [0.2, 0.25) is 5.02 Å². The second-order valence-electron chi connectivity index (χ2n) is 5.41. The molecule has 136 valence electrons. The van der Waals surface area contributed by atoms with E-state index in [0.29, 0.717) is 4.57 Å². The summed E-state index contributed by atoms with van der Waals surface area (Å²) in [5, 5.41) is 9.15.